The summed E-state index contributed by atoms with van der Waals surface area (Å²) < 4.78 is 11.3. The van der Waals surface area contributed by atoms with Crippen LogP contribution in [-0.4, -0.2) is 55.0 Å². The molecule has 0 spiro atoms. The first-order chi connectivity index (χ1) is 16.1. The molecule has 33 heavy (non-hydrogen) atoms. The Labute approximate surface area is 194 Å². The fraction of sp³-hybridized carbons (Fsp3) is 0.360. The lowest BCUT2D eigenvalue weighted by Crippen LogP contribution is -2.36. The van der Waals surface area contributed by atoms with Crippen LogP contribution in [0.3, 0.4) is 0 Å². The van der Waals surface area contributed by atoms with E-state index in [0.717, 1.165) is 66.1 Å². The van der Waals surface area contributed by atoms with Gasteiger partial charge in [0.1, 0.15) is 11.6 Å². The largest absolute Gasteiger partial charge is 0.494 e. The standard InChI is InChI=1S/C25H31N5O3/c1-4-33-22-15-20(14-21(16-22)30-9-11-32-12-10-30)27-25-26-8-7-24(28-25)29(3)23-13-19(17-31)6-5-18(23)2/h5-8,13-16,31H,4,9-12,17H2,1-3H3,(H,26,27,28). The molecule has 0 radical (unpaired) electrons. The van der Waals surface area contributed by atoms with Crippen molar-refractivity contribution in [1.29, 1.82) is 0 Å². The van der Waals surface area contributed by atoms with E-state index in [1.54, 1.807) is 6.20 Å². The van der Waals surface area contributed by atoms with Gasteiger partial charge in [-0.2, -0.15) is 4.98 Å². The van der Waals surface area contributed by atoms with E-state index >= 15 is 0 Å². The van der Waals surface area contributed by atoms with Gasteiger partial charge in [0.2, 0.25) is 5.95 Å². The number of nitrogens with one attached hydrogen (secondary N) is 1. The highest BCUT2D eigenvalue weighted by molar-refractivity contribution is 5.68. The molecule has 1 aromatic heterocycles. The number of aliphatic hydroxyl groups is 1. The van der Waals surface area contributed by atoms with Crippen LogP contribution in [0.2, 0.25) is 0 Å². The van der Waals surface area contributed by atoms with E-state index in [2.05, 4.69) is 27.3 Å². The quantitative estimate of drug-likeness (QED) is 0.534. The van der Waals surface area contributed by atoms with Crippen molar-refractivity contribution in [3.63, 3.8) is 0 Å². The molecule has 0 saturated carbocycles. The van der Waals surface area contributed by atoms with Gasteiger partial charge in [-0.05, 0) is 43.2 Å². The van der Waals surface area contributed by atoms with Crippen molar-refractivity contribution in [3.8, 4) is 5.75 Å². The lowest BCUT2D eigenvalue weighted by molar-refractivity contribution is 0.122. The number of aryl methyl sites for hydroxylation is 1. The van der Waals surface area contributed by atoms with Crippen molar-refractivity contribution in [2.24, 2.45) is 0 Å². The number of anilines is 5. The van der Waals surface area contributed by atoms with Gasteiger partial charge in [0.05, 0.1) is 26.4 Å². The van der Waals surface area contributed by atoms with Crippen LogP contribution in [0.4, 0.5) is 28.8 Å². The first-order valence-corrected chi connectivity index (χ1v) is 11.2. The Hall–Kier alpha value is -3.36. The molecule has 2 heterocycles. The summed E-state index contributed by atoms with van der Waals surface area (Å²) in [5.41, 5.74) is 4.89. The molecule has 1 fully saturated rings. The van der Waals surface area contributed by atoms with Crippen LogP contribution in [0.5, 0.6) is 5.75 Å². The van der Waals surface area contributed by atoms with Gasteiger partial charge in [0.15, 0.2) is 0 Å². The number of benzene rings is 2. The molecule has 174 valence electrons. The van der Waals surface area contributed by atoms with E-state index in [-0.39, 0.29) is 6.61 Å². The van der Waals surface area contributed by atoms with Crippen molar-refractivity contribution in [2.45, 2.75) is 20.5 Å². The highest BCUT2D eigenvalue weighted by Crippen LogP contribution is 2.31. The van der Waals surface area contributed by atoms with E-state index in [0.29, 0.717) is 12.6 Å². The summed E-state index contributed by atoms with van der Waals surface area (Å²) in [6.07, 6.45) is 1.74. The van der Waals surface area contributed by atoms with Crippen LogP contribution < -0.4 is 19.9 Å². The number of morpholine rings is 1. The smallest absolute Gasteiger partial charge is 0.229 e. The zero-order valence-electron chi connectivity index (χ0n) is 19.4. The maximum atomic E-state index is 9.52. The van der Waals surface area contributed by atoms with E-state index in [4.69, 9.17) is 14.5 Å². The summed E-state index contributed by atoms with van der Waals surface area (Å²) >= 11 is 0. The van der Waals surface area contributed by atoms with Crippen molar-refractivity contribution in [2.75, 3.05) is 55.1 Å². The van der Waals surface area contributed by atoms with E-state index in [1.807, 2.05) is 56.1 Å². The Balaban J connectivity index is 1.59. The monoisotopic (exact) mass is 449 g/mol. The molecule has 1 aliphatic heterocycles. The first kappa shape index (κ1) is 22.8. The van der Waals surface area contributed by atoms with Gasteiger partial charge in [0.25, 0.3) is 0 Å². The van der Waals surface area contributed by atoms with Crippen LogP contribution in [0, 0.1) is 6.92 Å². The number of rotatable bonds is 8. The van der Waals surface area contributed by atoms with Gasteiger partial charge in [0, 0.05) is 55.5 Å². The second kappa shape index (κ2) is 10.5. The van der Waals surface area contributed by atoms with Crippen molar-refractivity contribution >= 4 is 28.8 Å². The minimum absolute atomic E-state index is 0.000648. The third-order valence-corrected chi connectivity index (χ3v) is 5.64. The van der Waals surface area contributed by atoms with E-state index < -0.39 is 0 Å². The molecule has 8 nitrogen and oxygen atoms in total. The van der Waals surface area contributed by atoms with Crippen LogP contribution >= 0.6 is 0 Å². The number of hydrogen-bond acceptors (Lipinski definition) is 8. The second-order valence-electron chi connectivity index (χ2n) is 7.95. The Morgan fingerprint density at radius 2 is 1.97 bits per heavy atom. The Morgan fingerprint density at radius 3 is 2.73 bits per heavy atom. The number of aliphatic hydroxyl groups excluding tert-OH is 1. The summed E-state index contributed by atoms with van der Waals surface area (Å²) in [7, 11) is 1.96. The van der Waals surface area contributed by atoms with Crippen LogP contribution in [0.25, 0.3) is 0 Å². The van der Waals surface area contributed by atoms with Crippen molar-refractivity contribution in [1.82, 2.24) is 9.97 Å². The van der Waals surface area contributed by atoms with Gasteiger partial charge in [-0.3, -0.25) is 0 Å². The maximum absolute atomic E-state index is 9.52. The number of hydrogen-bond donors (Lipinski definition) is 2. The third-order valence-electron chi connectivity index (χ3n) is 5.64. The molecule has 0 bridgehead atoms. The fourth-order valence-electron chi connectivity index (χ4n) is 3.87. The van der Waals surface area contributed by atoms with Gasteiger partial charge in [-0.1, -0.05) is 12.1 Å². The average molecular weight is 450 g/mol. The van der Waals surface area contributed by atoms with Crippen LogP contribution in [0.1, 0.15) is 18.1 Å². The summed E-state index contributed by atoms with van der Waals surface area (Å²) in [5, 5.41) is 12.9. The molecule has 2 N–H and O–H groups in total. The number of nitrogens with zero attached hydrogens (tertiary/aromatic N) is 4. The van der Waals surface area contributed by atoms with E-state index in [1.165, 1.54) is 0 Å². The van der Waals surface area contributed by atoms with Gasteiger partial charge in [-0.25, -0.2) is 4.98 Å². The lowest BCUT2D eigenvalue weighted by atomic mass is 10.1. The molecule has 0 aliphatic carbocycles. The summed E-state index contributed by atoms with van der Waals surface area (Å²) in [6, 6.07) is 13.9. The molecule has 8 heteroatoms. The molecule has 0 atom stereocenters. The maximum Gasteiger partial charge on any atom is 0.229 e. The topological polar surface area (TPSA) is 83.0 Å². The number of ether oxygens (including phenoxy) is 2. The fourth-order valence-corrected chi connectivity index (χ4v) is 3.87. The molecular weight excluding hydrogens is 418 g/mol. The lowest BCUT2D eigenvalue weighted by Gasteiger charge is -2.29. The highest BCUT2D eigenvalue weighted by Gasteiger charge is 2.15. The Morgan fingerprint density at radius 1 is 1.15 bits per heavy atom. The minimum Gasteiger partial charge on any atom is -0.494 e. The molecule has 0 amide bonds. The van der Waals surface area contributed by atoms with Gasteiger partial charge < -0.3 is 29.7 Å². The molecule has 2 aromatic carbocycles. The SMILES string of the molecule is CCOc1cc(Nc2nccc(N(C)c3cc(CO)ccc3C)n2)cc(N2CCOCC2)c1. The second-order valence-corrected chi connectivity index (χ2v) is 7.95. The predicted octanol–water partition coefficient (Wildman–Crippen LogP) is 4.02. The van der Waals surface area contributed by atoms with Crippen molar-refractivity contribution in [3.05, 3.63) is 59.8 Å². The summed E-state index contributed by atoms with van der Waals surface area (Å²) in [5.74, 6) is 2.05. The minimum atomic E-state index is -0.000648. The van der Waals surface area contributed by atoms with Gasteiger partial charge in [-0.15, -0.1) is 0 Å². The van der Waals surface area contributed by atoms with Crippen LogP contribution in [-0.2, 0) is 11.3 Å². The van der Waals surface area contributed by atoms with Gasteiger partial charge >= 0.3 is 0 Å². The average Bonchev–Trinajstić information content (AvgIpc) is 2.85. The van der Waals surface area contributed by atoms with Crippen molar-refractivity contribution < 1.29 is 14.6 Å². The summed E-state index contributed by atoms with van der Waals surface area (Å²) in [6.45, 7) is 7.74. The molecule has 3 aromatic rings. The Bertz CT molecular complexity index is 1090. The number of aromatic nitrogens is 2. The molecule has 0 unspecified atom stereocenters. The third kappa shape index (κ3) is 5.53. The first-order valence-electron chi connectivity index (χ1n) is 11.2. The van der Waals surface area contributed by atoms with Crippen LogP contribution in [0.15, 0.2) is 48.7 Å². The van der Waals surface area contributed by atoms with E-state index in [9.17, 15) is 5.11 Å². The zero-order valence-corrected chi connectivity index (χ0v) is 19.4. The molecular formula is C25H31N5O3. The normalized spacial score (nSPS) is 13.6. The Kier molecular flexibility index (Phi) is 7.26. The molecule has 4 rings (SSSR count). The zero-order chi connectivity index (χ0) is 23.2. The predicted molar refractivity (Wildman–Crippen MR) is 131 cm³/mol. The highest BCUT2D eigenvalue weighted by atomic mass is 16.5. The summed E-state index contributed by atoms with van der Waals surface area (Å²) in [4.78, 5) is 13.4. The molecule has 1 saturated heterocycles. The molecule has 1 aliphatic rings.